The average molecular weight is 271 g/mol. The van der Waals surface area contributed by atoms with Crippen LogP contribution >= 0.6 is 0 Å². The highest BCUT2D eigenvalue weighted by atomic mass is 16.5. The van der Waals surface area contributed by atoms with Crippen molar-refractivity contribution in [1.82, 2.24) is 5.32 Å². The average Bonchev–Trinajstić information content (AvgIpc) is 3.06. The van der Waals surface area contributed by atoms with Gasteiger partial charge < -0.3 is 14.2 Å². The van der Waals surface area contributed by atoms with Crippen LogP contribution in [0.15, 0.2) is 0 Å². The summed E-state index contributed by atoms with van der Waals surface area (Å²) >= 11 is 0. The summed E-state index contributed by atoms with van der Waals surface area (Å²) in [6.07, 6.45) is 5.12. The Morgan fingerprint density at radius 3 is 2.79 bits per heavy atom. The molecule has 19 heavy (non-hydrogen) atoms. The number of hydrogen-bond acceptors (Lipinski definition) is 5. The standard InChI is InChI=1S/C14H25NO4/c1-14(13(16)17-2,15-11-4-5-11)7-3-8-19-12-6-9-18-10-12/h11-12,15H,3-10H2,1-2H3. The summed E-state index contributed by atoms with van der Waals surface area (Å²) in [5.74, 6) is -0.177. The fourth-order valence-electron chi connectivity index (χ4n) is 2.46. The quantitative estimate of drug-likeness (QED) is 0.532. The first-order valence-corrected chi connectivity index (χ1v) is 7.19. The van der Waals surface area contributed by atoms with Crippen molar-refractivity contribution in [3.63, 3.8) is 0 Å². The molecule has 0 bridgehead atoms. The third kappa shape index (κ3) is 4.44. The summed E-state index contributed by atoms with van der Waals surface area (Å²) < 4.78 is 15.9. The van der Waals surface area contributed by atoms with Crippen molar-refractivity contribution < 1.29 is 19.0 Å². The predicted molar refractivity (Wildman–Crippen MR) is 71.0 cm³/mol. The Kier molecular flexibility index (Phi) is 5.19. The molecule has 2 rings (SSSR count). The molecule has 1 saturated carbocycles. The third-order valence-corrected chi connectivity index (χ3v) is 3.80. The molecule has 0 aromatic heterocycles. The van der Waals surface area contributed by atoms with Gasteiger partial charge in [-0.05, 0) is 39.0 Å². The molecule has 0 radical (unpaired) electrons. The molecule has 2 fully saturated rings. The molecule has 2 unspecified atom stereocenters. The molecular formula is C14H25NO4. The molecule has 1 N–H and O–H groups in total. The zero-order chi connectivity index (χ0) is 13.7. The van der Waals surface area contributed by atoms with E-state index in [0.29, 0.717) is 19.3 Å². The second-order valence-corrected chi connectivity index (χ2v) is 5.70. The third-order valence-electron chi connectivity index (χ3n) is 3.80. The summed E-state index contributed by atoms with van der Waals surface area (Å²) in [6.45, 7) is 4.10. The van der Waals surface area contributed by atoms with E-state index in [1.165, 1.54) is 7.11 Å². The van der Waals surface area contributed by atoms with Crippen LogP contribution in [-0.4, -0.2) is 50.6 Å². The Bertz CT molecular complexity index is 300. The minimum atomic E-state index is -0.578. The number of hydrogen-bond donors (Lipinski definition) is 1. The maximum atomic E-state index is 11.9. The zero-order valence-corrected chi connectivity index (χ0v) is 11.9. The molecule has 1 aliphatic carbocycles. The second-order valence-electron chi connectivity index (χ2n) is 5.70. The minimum Gasteiger partial charge on any atom is -0.468 e. The largest absolute Gasteiger partial charge is 0.468 e. The molecule has 1 saturated heterocycles. The molecule has 0 spiro atoms. The van der Waals surface area contributed by atoms with Gasteiger partial charge in [0.15, 0.2) is 0 Å². The molecule has 1 aliphatic heterocycles. The fraction of sp³-hybridized carbons (Fsp3) is 0.929. The van der Waals surface area contributed by atoms with Gasteiger partial charge in [-0.3, -0.25) is 10.1 Å². The molecule has 0 amide bonds. The molecule has 2 atom stereocenters. The van der Waals surface area contributed by atoms with Gasteiger partial charge in [-0.15, -0.1) is 0 Å². The van der Waals surface area contributed by atoms with Crippen molar-refractivity contribution >= 4 is 5.97 Å². The van der Waals surface area contributed by atoms with Crippen LogP contribution in [0, 0.1) is 0 Å². The van der Waals surface area contributed by atoms with Gasteiger partial charge in [-0.1, -0.05) is 0 Å². The molecule has 5 heteroatoms. The molecule has 2 aliphatic rings. The van der Waals surface area contributed by atoms with Gasteiger partial charge in [0.25, 0.3) is 0 Å². The van der Waals surface area contributed by atoms with Gasteiger partial charge in [0.1, 0.15) is 5.54 Å². The van der Waals surface area contributed by atoms with Gasteiger partial charge in [0.2, 0.25) is 0 Å². The Hall–Kier alpha value is -0.650. The van der Waals surface area contributed by atoms with Crippen molar-refractivity contribution in [3.8, 4) is 0 Å². The Morgan fingerprint density at radius 1 is 1.42 bits per heavy atom. The highest BCUT2D eigenvalue weighted by Crippen LogP contribution is 2.25. The lowest BCUT2D eigenvalue weighted by atomic mass is 9.95. The molecule has 0 aromatic rings. The predicted octanol–water partition coefficient (Wildman–Crippen LogP) is 1.26. The van der Waals surface area contributed by atoms with Gasteiger partial charge >= 0.3 is 5.97 Å². The van der Waals surface area contributed by atoms with Crippen LogP contribution < -0.4 is 5.32 Å². The van der Waals surface area contributed by atoms with E-state index >= 15 is 0 Å². The SMILES string of the molecule is COC(=O)C(C)(CCCOC1CCOC1)NC1CC1. The highest BCUT2D eigenvalue weighted by Gasteiger charge is 2.38. The van der Waals surface area contributed by atoms with Gasteiger partial charge in [-0.25, -0.2) is 0 Å². The van der Waals surface area contributed by atoms with E-state index in [0.717, 1.165) is 38.7 Å². The number of methoxy groups -OCH3 is 1. The van der Waals surface area contributed by atoms with Crippen LogP contribution in [0.1, 0.15) is 39.0 Å². The van der Waals surface area contributed by atoms with Crippen LogP contribution in [0.25, 0.3) is 0 Å². The van der Waals surface area contributed by atoms with E-state index in [1.54, 1.807) is 0 Å². The number of nitrogens with one attached hydrogen (secondary N) is 1. The lowest BCUT2D eigenvalue weighted by Crippen LogP contribution is -2.51. The first kappa shape index (κ1) is 14.8. The summed E-state index contributed by atoms with van der Waals surface area (Å²) in [6, 6.07) is 0.480. The maximum absolute atomic E-state index is 11.9. The highest BCUT2D eigenvalue weighted by molar-refractivity contribution is 5.80. The number of rotatable bonds is 8. The zero-order valence-electron chi connectivity index (χ0n) is 11.9. The molecule has 0 aromatic carbocycles. The summed E-state index contributed by atoms with van der Waals surface area (Å²) in [5.41, 5.74) is -0.578. The van der Waals surface area contributed by atoms with E-state index in [4.69, 9.17) is 14.2 Å². The van der Waals surface area contributed by atoms with Gasteiger partial charge in [-0.2, -0.15) is 0 Å². The molecule has 1 heterocycles. The smallest absolute Gasteiger partial charge is 0.325 e. The van der Waals surface area contributed by atoms with Gasteiger partial charge in [0, 0.05) is 19.3 Å². The summed E-state index contributed by atoms with van der Waals surface area (Å²) in [4.78, 5) is 11.9. The first-order chi connectivity index (χ1) is 9.14. The lowest BCUT2D eigenvalue weighted by molar-refractivity contribution is -0.148. The van der Waals surface area contributed by atoms with Crippen molar-refractivity contribution in [2.75, 3.05) is 26.9 Å². The summed E-state index contributed by atoms with van der Waals surface area (Å²) in [7, 11) is 1.45. The first-order valence-electron chi connectivity index (χ1n) is 7.19. The number of carbonyl (C=O) groups excluding carboxylic acids is 1. The number of carbonyl (C=O) groups is 1. The van der Waals surface area contributed by atoms with Crippen LogP contribution in [0.2, 0.25) is 0 Å². The van der Waals surface area contributed by atoms with E-state index < -0.39 is 5.54 Å². The molecular weight excluding hydrogens is 246 g/mol. The van der Waals surface area contributed by atoms with E-state index in [9.17, 15) is 4.79 Å². The fourth-order valence-corrected chi connectivity index (χ4v) is 2.46. The van der Waals surface area contributed by atoms with Crippen molar-refractivity contribution in [3.05, 3.63) is 0 Å². The van der Waals surface area contributed by atoms with Crippen LogP contribution in [0.3, 0.4) is 0 Å². The van der Waals surface area contributed by atoms with E-state index in [1.807, 2.05) is 6.92 Å². The minimum absolute atomic E-state index is 0.177. The van der Waals surface area contributed by atoms with Crippen LogP contribution in [0.5, 0.6) is 0 Å². The van der Waals surface area contributed by atoms with Crippen LogP contribution in [-0.2, 0) is 19.0 Å². The second kappa shape index (κ2) is 6.68. The molecule has 110 valence electrons. The van der Waals surface area contributed by atoms with E-state index in [2.05, 4.69) is 5.32 Å². The summed E-state index contributed by atoms with van der Waals surface area (Å²) in [5, 5.41) is 3.39. The monoisotopic (exact) mass is 271 g/mol. The Balaban J connectivity index is 1.70. The normalized spacial score (nSPS) is 26.1. The van der Waals surface area contributed by atoms with Crippen LogP contribution in [0.4, 0.5) is 0 Å². The lowest BCUT2D eigenvalue weighted by Gasteiger charge is -2.28. The topological polar surface area (TPSA) is 56.8 Å². The van der Waals surface area contributed by atoms with Crippen molar-refractivity contribution in [2.45, 2.75) is 56.7 Å². The Labute approximate surface area is 115 Å². The van der Waals surface area contributed by atoms with Gasteiger partial charge in [0.05, 0.1) is 19.8 Å². The number of esters is 1. The molecule has 5 nitrogen and oxygen atoms in total. The van der Waals surface area contributed by atoms with Crippen molar-refractivity contribution in [1.29, 1.82) is 0 Å². The van der Waals surface area contributed by atoms with E-state index in [-0.39, 0.29) is 12.1 Å². The van der Waals surface area contributed by atoms with Crippen molar-refractivity contribution in [2.24, 2.45) is 0 Å². The maximum Gasteiger partial charge on any atom is 0.325 e. The Morgan fingerprint density at radius 2 is 2.21 bits per heavy atom. The number of ether oxygens (including phenoxy) is 3.